The molecule has 0 saturated carbocycles. The SMILES string of the molecule is CC(C)N(CCCO)CCCC(C)(C)C#N. The van der Waals surface area contributed by atoms with E-state index in [1.54, 1.807) is 0 Å². The minimum absolute atomic E-state index is 0.209. The molecule has 0 radical (unpaired) electrons. The van der Waals surface area contributed by atoms with E-state index < -0.39 is 0 Å². The van der Waals surface area contributed by atoms with Gasteiger partial charge in [0.05, 0.1) is 11.5 Å². The predicted octanol–water partition coefficient (Wildman–Crippen LogP) is 2.41. The number of nitriles is 1. The summed E-state index contributed by atoms with van der Waals surface area (Å²) in [5.74, 6) is 0. The third kappa shape index (κ3) is 6.81. The van der Waals surface area contributed by atoms with Crippen LogP contribution in [0.2, 0.25) is 0 Å². The van der Waals surface area contributed by atoms with E-state index in [0.29, 0.717) is 6.04 Å². The van der Waals surface area contributed by atoms with E-state index >= 15 is 0 Å². The molecule has 1 N–H and O–H groups in total. The van der Waals surface area contributed by atoms with Crippen molar-refractivity contribution in [2.24, 2.45) is 5.41 Å². The molecule has 0 aromatic rings. The molecule has 0 fully saturated rings. The molecule has 0 saturated heterocycles. The van der Waals surface area contributed by atoms with E-state index in [-0.39, 0.29) is 12.0 Å². The van der Waals surface area contributed by atoms with Gasteiger partial charge >= 0.3 is 0 Å². The lowest BCUT2D eigenvalue weighted by atomic mass is 9.90. The average molecular weight is 226 g/mol. The summed E-state index contributed by atoms with van der Waals surface area (Å²) in [5, 5.41) is 17.7. The normalized spacial score (nSPS) is 12.1. The summed E-state index contributed by atoms with van der Waals surface area (Å²) >= 11 is 0. The third-order valence-corrected chi connectivity index (χ3v) is 2.88. The van der Waals surface area contributed by atoms with Crippen LogP contribution >= 0.6 is 0 Å². The van der Waals surface area contributed by atoms with Crippen LogP contribution in [0.1, 0.15) is 47.0 Å². The third-order valence-electron chi connectivity index (χ3n) is 2.88. The number of rotatable bonds is 8. The van der Waals surface area contributed by atoms with Crippen molar-refractivity contribution >= 4 is 0 Å². The van der Waals surface area contributed by atoms with Crippen molar-refractivity contribution in [2.75, 3.05) is 19.7 Å². The average Bonchev–Trinajstić information content (AvgIpc) is 2.22. The van der Waals surface area contributed by atoms with Gasteiger partial charge in [-0.3, -0.25) is 0 Å². The van der Waals surface area contributed by atoms with Crippen LogP contribution in [-0.2, 0) is 0 Å². The summed E-state index contributed by atoms with van der Waals surface area (Å²) in [6.07, 6.45) is 2.82. The first-order chi connectivity index (χ1) is 7.43. The van der Waals surface area contributed by atoms with Crippen LogP contribution in [-0.4, -0.2) is 35.7 Å². The van der Waals surface area contributed by atoms with Gasteiger partial charge in [-0.2, -0.15) is 5.26 Å². The van der Waals surface area contributed by atoms with E-state index in [1.807, 2.05) is 13.8 Å². The maximum Gasteiger partial charge on any atom is 0.0683 e. The van der Waals surface area contributed by atoms with Crippen LogP contribution in [0, 0.1) is 16.7 Å². The molecule has 0 aliphatic heterocycles. The minimum atomic E-state index is -0.209. The smallest absolute Gasteiger partial charge is 0.0683 e. The highest BCUT2D eigenvalue weighted by Gasteiger charge is 2.17. The zero-order valence-electron chi connectivity index (χ0n) is 11.2. The summed E-state index contributed by atoms with van der Waals surface area (Å²) in [4.78, 5) is 2.36. The molecule has 0 heterocycles. The molecule has 94 valence electrons. The molecule has 0 rings (SSSR count). The first-order valence-electron chi connectivity index (χ1n) is 6.19. The van der Waals surface area contributed by atoms with Gasteiger partial charge in [0.15, 0.2) is 0 Å². The first-order valence-corrected chi connectivity index (χ1v) is 6.19. The number of hydrogen-bond acceptors (Lipinski definition) is 3. The lowest BCUT2D eigenvalue weighted by Gasteiger charge is -2.27. The molecule has 0 aromatic carbocycles. The Balaban J connectivity index is 3.90. The van der Waals surface area contributed by atoms with Crippen molar-refractivity contribution in [2.45, 2.75) is 53.0 Å². The van der Waals surface area contributed by atoms with Gasteiger partial charge in [-0.25, -0.2) is 0 Å². The van der Waals surface area contributed by atoms with Crippen molar-refractivity contribution in [3.8, 4) is 6.07 Å². The second-order valence-corrected chi connectivity index (χ2v) is 5.31. The van der Waals surface area contributed by atoms with Crippen LogP contribution < -0.4 is 0 Å². The quantitative estimate of drug-likeness (QED) is 0.691. The van der Waals surface area contributed by atoms with Crippen molar-refractivity contribution in [3.63, 3.8) is 0 Å². The van der Waals surface area contributed by atoms with Crippen molar-refractivity contribution < 1.29 is 5.11 Å². The topological polar surface area (TPSA) is 47.3 Å². The summed E-state index contributed by atoms with van der Waals surface area (Å²) in [7, 11) is 0. The molecule has 0 amide bonds. The van der Waals surface area contributed by atoms with E-state index in [4.69, 9.17) is 10.4 Å². The van der Waals surface area contributed by atoms with Gasteiger partial charge in [-0.15, -0.1) is 0 Å². The molecule has 0 bridgehead atoms. The summed E-state index contributed by atoms with van der Waals surface area (Å²) in [6.45, 7) is 10.5. The monoisotopic (exact) mass is 226 g/mol. The van der Waals surface area contributed by atoms with Gasteiger partial charge in [0.25, 0.3) is 0 Å². The Kier molecular flexibility index (Phi) is 7.36. The number of nitrogens with zero attached hydrogens (tertiary/aromatic N) is 2. The van der Waals surface area contributed by atoms with Gasteiger partial charge in [0.1, 0.15) is 0 Å². The summed E-state index contributed by atoms with van der Waals surface area (Å²) < 4.78 is 0. The van der Waals surface area contributed by atoms with Crippen LogP contribution in [0.3, 0.4) is 0 Å². The van der Waals surface area contributed by atoms with Crippen LogP contribution in [0.25, 0.3) is 0 Å². The largest absolute Gasteiger partial charge is 0.396 e. The van der Waals surface area contributed by atoms with E-state index in [0.717, 1.165) is 32.4 Å². The highest BCUT2D eigenvalue weighted by atomic mass is 16.3. The molecular formula is C13H26N2O. The molecule has 3 nitrogen and oxygen atoms in total. The predicted molar refractivity (Wildman–Crippen MR) is 67.0 cm³/mol. The molecule has 3 heteroatoms. The molecule has 0 aromatic heterocycles. The highest BCUT2D eigenvalue weighted by Crippen LogP contribution is 2.21. The fourth-order valence-electron chi connectivity index (χ4n) is 1.68. The second kappa shape index (κ2) is 7.65. The Morgan fingerprint density at radius 3 is 2.25 bits per heavy atom. The van der Waals surface area contributed by atoms with E-state index in [9.17, 15) is 0 Å². The van der Waals surface area contributed by atoms with E-state index in [1.165, 1.54) is 0 Å². The Hall–Kier alpha value is -0.590. The van der Waals surface area contributed by atoms with Gasteiger partial charge in [0.2, 0.25) is 0 Å². The summed E-state index contributed by atoms with van der Waals surface area (Å²) in [6, 6.07) is 2.84. The Labute approximate surface area is 100 Å². The summed E-state index contributed by atoms with van der Waals surface area (Å²) in [5.41, 5.74) is -0.209. The molecule has 0 atom stereocenters. The van der Waals surface area contributed by atoms with Gasteiger partial charge < -0.3 is 10.0 Å². The molecule has 0 spiro atoms. The maximum absolute atomic E-state index is 8.91. The second-order valence-electron chi connectivity index (χ2n) is 5.31. The zero-order valence-corrected chi connectivity index (χ0v) is 11.2. The first kappa shape index (κ1) is 15.4. The Morgan fingerprint density at radius 1 is 1.25 bits per heavy atom. The van der Waals surface area contributed by atoms with Crippen LogP contribution in [0.4, 0.5) is 0 Å². The number of hydrogen-bond donors (Lipinski definition) is 1. The lowest BCUT2D eigenvalue weighted by Crippen LogP contribution is -2.33. The zero-order chi connectivity index (χ0) is 12.6. The standard InChI is InChI=1S/C13H26N2O/c1-12(2)15(9-6-10-16)8-5-7-13(3,4)11-14/h12,16H,5-10H2,1-4H3. The number of aliphatic hydroxyl groups is 1. The Morgan fingerprint density at radius 2 is 1.81 bits per heavy atom. The van der Waals surface area contributed by atoms with Gasteiger partial charge in [-0.05, 0) is 53.5 Å². The fourth-order valence-corrected chi connectivity index (χ4v) is 1.68. The fraction of sp³-hybridized carbons (Fsp3) is 0.923. The molecule has 0 aliphatic rings. The van der Waals surface area contributed by atoms with Crippen molar-refractivity contribution in [1.82, 2.24) is 4.90 Å². The van der Waals surface area contributed by atoms with Crippen LogP contribution in [0.5, 0.6) is 0 Å². The highest BCUT2D eigenvalue weighted by molar-refractivity contribution is 4.91. The molecule has 16 heavy (non-hydrogen) atoms. The van der Waals surface area contributed by atoms with Crippen molar-refractivity contribution in [3.05, 3.63) is 0 Å². The molecule has 0 unspecified atom stereocenters. The van der Waals surface area contributed by atoms with Gasteiger partial charge in [-0.1, -0.05) is 0 Å². The lowest BCUT2D eigenvalue weighted by molar-refractivity contribution is 0.184. The van der Waals surface area contributed by atoms with E-state index in [2.05, 4.69) is 24.8 Å². The minimum Gasteiger partial charge on any atom is -0.396 e. The van der Waals surface area contributed by atoms with Crippen LogP contribution in [0.15, 0.2) is 0 Å². The maximum atomic E-state index is 8.91. The van der Waals surface area contributed by atoms with Gasteiger partial charge in [0, 0.05) is 19.2 Å². The number of aliphatic hydroxyl groups excluding tert-OH is 1. The molecular weight excluding hydrogens is 200 g/mol. The van der Waals surface area contributed by atoms with Crippen molar-refractivity contribution in [1.29, 1.82) is 5.26 Å². The Bertz CT molecular complexity index is 218. The molecule has 0 aliphatic carbocycles.